The molecule has 0 saturated carbocycles. The number of fused-ring (bicyclic) bond motifs is 1. The number of aliphatic hydroxyl groups excluding tert-OH is 1. The van der Waals surface area contributed by atoms with E-state index in [9.17, 15) is 9.50 Å². The number of thioether (sulfide) groups is 1. The number of aliphatic imine (C=N–C) groups is 1. The average molecular weight is 547 g/mol. The number of nitrogens with zero attached hydrogens (tertiary/aromatic N) is 6. The Hall–Kier alpha value is -3.98. The van der Waals surface area contributed by atoms with Gasteiger partial charge in [-0.3, -0.25) is 0 Å². The van der Waals surface area contributed by atoms with E-state index in [1.807, 2.05) is 0 Å². The van der Waals surface area contributed by atoms with E-state index in [0.717, 1.165) is 26.1 Å². The van der Waals surface area contributed by atoms with Crippen LogP contribution in [-0.4, -0.2) is 52.5 Å². The van der Waals surface area contributed by atoms with Crippen LogP contribution in [0.3, 0.4) is 0 Å². The standard InChI is InChI=1S/C23H21F3N8O3S/c1-21(10-35)23(25,26)22(2,34-20(27)38-21)14-5-12(7-30-18(14)24)33-19-17-15(31-11-32-19)6-13(8-29-17)37-9-16-28-3-4-36-16/h3-8,11,35H,9-10H2,1-2H3,(H2,27,34)(H,31,32,33)/t21-,22+/m0/s1. The summed E-state index contributed by atoms with van der Waals surface area (Å²) in [7, 11) is 0. The highest BCUT2D eigenvalue weighted by atomic mass is 32.2. The second kappa shape index (κ2) is 9.40. The molecule has 11 nitrogen and oxygen atoms in total. The van der Waals surface area contributed by atoms with Crippen molar-refractivity contribution in [2.24, 2.45) is 10.7 Å². The summed E-state index contributed by atoms with van der Waals surface area (Å²) in [6, 6.07) is 2.78. The summed E-state index contributed by atoms with van der Waals surface area (Å²) in [5.41, 5.74) is 3.76. The van der Waals surface area contributed by atoms with Crippen molar-refractivity contribution in [2.75, 3.05) is 11.9 Å². The van der Waals surface area contributed by atoms with Gasteiger partial charge in [-0.25, -0.2) is 38.7 Å². The highest BCUT2D eigenvalue weighted by Crippen LogP contribution is 2.56. The number of alkyl halides is 2. The number of hydrogen-bond donors (Lipinski definition) is 3. The van der Waals surface area contributed by atoms with Gasteiger partial charge in [-0.15, -0.1) is 0 Å². The van der Waals surface area contributed by atoms with E-state index in [1.54, 1.807) is 6.07 Å². The number of anilines is 2. The van der Waals surface area contributed by atoms with E-state index in [1.165, 1.54) is 25.0 Å². The molecule has 0 aliphatic carbocycles. The SMILES string of the molecule is C[C@@]1(CO)SC(N)=N[C@](C)(c2cc(Nc3ncnc4cc(OCc5ncco5)cnc34)cnc2F)C1(F)F. The summed E-state index contributed by atoms with van der Waals surface area (Å²) in [5, 5.41) is 12.5. The molecule has 0 amide bonds. The Morgan fingerprint density at radius 3 is 2.68 bits per heavy atom. The summed E-state index contributed by atoms with van der Waals surface area (Å²) in [5.74, 6) is -3.85. The maximum Gasteiger partial charge on any atom is 0.293 e. The third-order valence-electron chi connectivity index (χ3n) is 6.16. The molecule has 0 spiro atoms. The third kappa shape index (κ3) is 4.26. The van der Waals surface area contributed by atoms with Gasteiger partial charge < -0.3 is 25.3 Å². The predicted molar refractivity (Wildman–Crippen MR) is 133 cm³/mol. The minimum atomic E-state index is -3.70. The smallest absolute Gasteiger partial charge is 0.293 e. The van der Waals surface area contributed by atoms with Gasteiger partial charge in [0.2, 0.25) is 11.8 Å². The average Bonchev–Trinajstić information content (AvgIpc) is 3.41. The van der Waals surface area contributed by atoms with Crippen LogP contribution in [0.15, 0.2) is 52.7 Å². The Kier molecular flexibility index (Phi) is 6.35. The summed E-state index contributed by atoms with van der Waals surface area (Å²) >= 11 is 0.536. The molecule has 1 aliphatic heterocycles. The molecule has 38 heavy (non-hydrogen) atoms. The van der Waals surface area contributed by atoms with Gasteiger partial charge in [-0.1, -0.05) is 11.8 Å². The fraction of sp³-hybridized carbons (Fsp3) is 0.304. The zero-order chi connectivity index (χ0) is 27.1. The Morgan fingerprint density at radius 2 is 1.95 bits per heavy atom. The number of hydrogen-bond acceptors (Lipinski definition) is 12. The normalized spacial score (nSPS) is 22.7. The summed E-state index contributed by atoms with van der Waals surface area (Å²) in [6.45, 7) is 1.38. The second-order valence-electron chi connectivity index (χ2n) is 8.75. The van der Waals surface area contributed by atoms with Crippen molar-refractivity contribution in [1.82, 2.24) is 24.9 Å². The number of ether oxygens (including phenoxy) is 1. The molecular formula is C23H21F3N8O3S. The molecule has 2 atom stereocenters. The lowest BCUT2D eigenvalue weighted by molar-refractivity contribution is -0.111. The number of pyridine rings is 2. The number of aliphatic hydroxyl groups is 1. The van der Waals surface area contributed by atoms with Gasteiger partial charge in [0.25, 0.3) is 5.92 Å². The number of aromatic nitrogens is 5. The van der Waals surface area contributed by atoms with Crippen LogP contribution in [0.5, 0.6) is 5.75 Å². The van der Waals surface area contributed by atoms with Crippen LogP contribution < -0.4 is 15.8 Å². The van der Waals surface area contributed by atoms with E-state index < -0.39 is 34.3 Å². The van der Waals surface area contributed by atoms with Gasteiger partial charge in [0, 0.05) is 11.6 Å². The predicted octanol–water partition coefficient (Wildman–Crippen LogP) is 3.53. The van der Waals surface area contributed by atoms with E-state index in [2.05, 4.69) is 35.2 Å². The lowest BCUT2D eigenvalue weighted by atomic mass is 9.79. The highest BCUT2D eigenvalue weighted by molar-refractivity contribution is 8.15. The number of oxazole rings is 1. The van der Waals surface area contributed by atoms with Crippen LogP contribution in [0.4, 0.5) is 24.7 Å². The van der Waals surface area contributed by atoms with Gasteiger partial charge in [0.1, 0.15) is 28.6 Å². The van der Waals surface area contributed by atoms with E-state index in [4.69, 9.17) is 14.9 Å². The van der Waals surface area contributed by atoms with Crippen LogP contribution >= 0.6 is 11.8 Å². The molecule has 0 fully saturated rings. The van der Waals surface area contributed by atoms with Crippen LogP contribution in [0, 0.1) is 5.95 Å². The molecule has 5 heterocycles. The molecule has 0 aromatic carbocycles. The quantitative estimate of drug-likeness (QED) is 0.291. The summed E-state index contributed by atoms with van der Waals surface area (Å²) in [4.78, 5) is 24.3. The molecular weight excluding hydrogens is 525 g/mol. The Bertz CT molecular complexity index is 1520. The van der Waals surface area contributed by atoms with Gasteiger partial charge in [-0.05, 0) is 19.9 Å². The zero-order valence-electron chi connectivity index (χ0n) is 20.0. The molecule has 4 aromatic heterocycles. The number of halogens is 3. The van der Waals surface area contributed by atoms with Crippen molar-refractivity contribution in [3.05, 3.63) is 60.7 Å². The van der Waals surface area contributed by atoms with E-state index in [-0.39, 0.29) is 23.3 Å². The van der Waals surface area contributed by atoms with Crippen LogP contribution in [0.1, 0.15) is 25.3 Å². The summed E-state index contributed by atoms with van der Waals surface area (Å²) < 4.78 is 55.0. The van der Waals surface area contributed by atoms with E-state index in [0.29, 0.717) is 34.4 Å². The number of rotatable bonds is 7. The minimum Gasteiger partial charge on any atom is -0.482 e. The molecule has 5 rings (SSSR count). The molecule has 0 bridgehead atoms. The number of nitrogens with two attached hydrogens (primary N) is 1. The minimum absolute atomic E-state index is 0.0879. The molecule has 4 aromatic rings. The van der Waals surface area contributed by atoms with Crippen LogP contribution in [0.2, 0.25) is 0 Å². The van der Waals surface area contributed by atoms with Gasteiger partial charge >= 0.3 is 0 Å². The van der Waals surface area contributed by atoms with Crippen molar-refractivity contribution in [2.45, 2.75) is 36.7 Å². The van der Waals surface area contributed by atoms with Crippen LogP contribution in [-0.2, 0) is 12.1 Å². The Morgan fingerprint density at radius 1 is 1.13 bits per heavy atom. The molecule has 15 heteroatoms. The zero-order valence-corrected chi connectivity index (χ0v) is 20.8. The third-order valence-corrected chi connectivity index (χ3v) is 7.30. The topological polar surface area (TPSA) is 157 Å². The molecule has 0 saturated heterocycles. The maximum absolute atomic E-state index is 15.7. The number of nitrogens with one attached hydrogen (secondary N) is 1. The lowest BCUT2D eigenvalue weighted by Crippen LogP contribution is -2.61. The van der Waals surface area contributed by atoms with Crippen molar-refractivity contribution in [3.63, 3.8) is 0 Å². The Balaban J connectivity index is 1.47. The highest BCUT2D eigenvalue weighted by Gasteiger charge is 2.66. The summed E-state index contributed by atoms with van der Waals surface area (Å²) in [6.07, 6.45) is 6.77. The lowest BCUT2D eigenvalue weighted by Gasteiger charge is -2.47. The van der Waals surface area contributed by atoms with Crippen LogP contribution in [0.25, 0.3) is 11.0 Å². The van der Waals surface area contributed by atoms with Crippen molar-refractivity contribution < 1.29 is 27.4 Å². The van der Waals surface area contributed by atoms with Crippen molar-refractivity contribution >= 4 is 39.5 Å². The van der Waals surface area contributed by atoms with Crippen molar-refractivity contribution in [1.29, 1.82) is 0 Å². The first-order valence-corrected chi connectivity index (χ1v) is 12.0. The maximum atomic E-state index is 15.7. The number of amidine groups is 1. The first-order chi connectivity index (χ1) is 18.1. The second-order valence-corrected chi connectivity index (χ2v) is 10.3. The first-order valence-electron chi connectivity index (χ1n) is 11.1. The fourth-order valence-corrected chi connectivity index (χ4v) is 5.13. The fourth-order valence-electron chi connectivity index (χ4n) is 4.04. The van der Waals surface area contributed by atoms with E-state index >= 15 is 8.78 Å². The Labute approximate surface area is 217 Å². The first kappa shape index (κ1) is 25.7. The monoisotopic (exact) mass is 546 g/mol. The van der Waals surface area contributed by atoms with Gasteiger partial charge in [-0.2, -0.15) is 4.39 Å². The van der Waals surface area contributed by atoms with Gasteiger partial charge in [0.15, 0.2) is 23.1 Å². The van der Waals surface area contributed by atoms with Gasteiger partial charge in [0.05, 0.1) is 36.4 Å². The molecule has 1 aliphatic rings. The molecule has 198 valence electrons. The molecule has 0 radical (unpaired) electrons. The molecule has 0 unspecified atom stereocenters. The largest absolute Gasteiger partial charge is 0.482 e. The molecule has 4 N–H and O–H groups in total. The van der Waals surface area contributed by atoms with Crippen molar-refractivity contribution in [3.8, 4) is 5.75 Å².